The molecule has 0 aromatic carbocycles. The zero-order chi connectivity index (χ0) is 17.0. The van der Waals surface area contributed by atoms with Crippen molar-refractivity contribution in [2.24, 2.45) is 28.6 Å². The van der Waals surface area contributed by atoms with Crippen LogP contribution in [0.25, 0.3) is 0 Å². The molecule has 3 saturated carbocycles. The maximum Gasteiger partial charge on any atom is 0.139 e. The lowest BCUT2D eigenvalue weighted by Crippen LogP contribution is -2.56. The Bertz CT molecular complexity index is 551. The molecule has 0 spiro atoms. The number of Topliss-reactive ketones (excluding diaryl/α,β-unsaturated/α-hetero) is 2. The first kappa shape index (κ1) is 16.9. The minimum atomic E-state index is -0.461. The standard InChI is InChI=1S/C20H30O3/c1-12-5-6-14-15-7-8-17(23)20(15,4)11-16(22)18(14)19(12,3)10-9-13(2)21/h14-16,18,22H,1,5-11H2,2-4H3. The number of aliphatic hydroxyl groups excluding tert-OH is 1. The largest absolute Gasteiger partial charge is 0.393 e. The first-order valence-corrected chi connectivity index (χ1v) is 9.09. The molecule has 0 bridgehead atoms. The van der Waals surface area contributed by atoms with Gasteiger partial charge < -0.3 is 9.90 Å². The van der Waals surface area contributed by atoms with Crippen LogP contribution in [0.15, 0.2) is 12.2 Å². The SMILES string of the molecule is C=C1CCC2C3CCC(=O)C3(C)CC(O)C2C1(C)CCC(C)=O. The van der Waals surface area contributed by atoms with Gasteiger partial charge in [0.15, 0.2) is 0 Å². The molecular formula is C20H30O3. The van der Waals surface area contributed by atoms with Gasteiger partial charge in [0.2, 0.25) is 0 Å². The van der Waals surface area contributed by atoms with Crippen molar-refractivity contribution in [3.8, 4) is 0 Å². The Kier molecular flexibility index (Phi) is 4.07. The van der Waals surface area contributed by atoms with Gasteiger partial charge in [-0.15, -0.1) is 0 Å². The summed E-state index contributed by atoms with van der Waals surface area (Å²) in [5, 5.41) is 11.0. The van der Waals surface area contributed by atoms with Gasteiger partial charge in [-0.05, 0) is 62.2 Å². The van der Waals surface area contributed by atoms with E-state index in [1.807, 2.05) is 0 Å². The summed E-state index contributed by atoms with van der Waals surface area (Å²) < 4.78 is 0. The van der Waals surface area contributed by atoms with E-state index in [1.165, 1.54) is 5.57 Å². The van der Waals surface area contributed by atoms with E-state index in [4.69, 9.17) is 0 Å². The molecule has 0 aromatic heterocycles. The molecule has 3 aliphatic carbocycles. The highest BCUT2D eigenvalue weighted by atomic mass is 16.3. The average molecular weight is 318 g/mol. The second-order valence-corrected chi connectivity index (χ2v) is 8.71. The smallest absolute Gasteiger partial charge is 0.139 e. The zero-order valence-corrected chi connectivity index (χ0v) is 14.7. The molecule has 128 valence electrons. The van der Waals surface area contributed by atoms with Gasteiger partial charge in [-0.25, -0.2) is 0 Å². The van der Waals surface area contributed by atoms with E-state index < -0.39 is 6.10 Å². The molecule has 0 aromatic rings. The van der Waals surface area contributed by atoms with E-state index >= 15 is 0 Å². The van der Waals surface area contributed by atoms with E-state index in [9.17, 15) is 14.7 Å². The molecule has 23 heavy (non-hydrogen) atoms. The van der Waals surface area contributed by atoms with Crippen molar-refractivity contribution >= 4 is 11.6 Å². The van der Waals surface area contributed by atoms with Crippen molar-refractivity contribution in [1.29, 1.82) is 0 Å². The number of carbonyl (C=O) groups excluding carboxylic acids is 2. The average Bonchev–Trinajstić information content (AvgIpc) is 2.76. The summed E-state index contributed by atoms with van der Waals surface area (Å²) in [6.45, 7) is 10.2. The molecule has 3 rings (SSSR count). The van der Waals surface area contributed by atoms with Crippen molar-refractivity contribution in [1.82, 2.24) is 0 Å². The molecule has 0 heterocycles. The third-order valence-corrected chi connectivity index (χ3v) is 7.48. The number of rotatable bonds is 3. The van der Waals surface area contributed by atoms with Gasteiger partial charge in [0, 0.05) is 18.3 Å². The maximum absolute atomic E-state index is 12.4. The van der Waals surface area contributed by atoms with Crippen LogP contribution in [0.2, 0.25) is 0 Å². The Morgan fingerprint density at radius 2 is 2.00 bits per heavy atom. The lowest BCUT2D eigenvalue weighted by Gasteiger charge is -2.57. The summed E-state index contributed by atoms with van der Waals surface area (Å²) >= 11 is 0. The van der Waals surface area contributed by atoms with Crippen LogP contribution in [-0.4, -0.2) is 22.8 Å². The molecule has 3 fully saturated rings. The number of allylic oxidation sites excluding steroid dienone is 1. The Labute approximate surface area is 139 Å². The molecule has 0 saturated heterocycles. The number of carbonyl (C=O) groups is 2. The number of hydrogen-bond acceptors (Lipinski definition) is 3. The monoisotopic (exact) mass is 318 g/mol. The van der Waals surface area contributed by atoms with Crippen LogP contribution in [0.3, 0.4) is 0 Å². The van der Waals surface area contributed by atoms with Crippen LogP contribution in [0, 0.1) is 28.6 Å². The van der Waals surface area contributed by atoms with Gasteiger partial charge >= 0.3 is 0 Å². The van der Waals surface area contributed by atoms with Crippen LogP contribution < -0.4 is 0 Å². The summed E-state index contributed by atoms with van der Waals surface area (Å²) in [4.78, 5) is 23.9. The summed E-state index contributed by atoms with van der Waals surface area (Å²) in [7, 11) is 0. The lowest BCUT2D eigenvalue weighted by atomic mass is 9.47. The van der Waals surface area contributed by atoms with E-state index in [2.05, 4.69) is 20.4 Å². The number of hydrogen-bond donors (Lipinski definition) is 1. The Balaban J connectivity index is 1.94. The van der Waals surface area contributed by atoms with E-state index in [0.29, 0.717) is 36.9 Å². The van der Waals surface area contributed by atoms with Gasteiger partial charge in [-0.3, -0.25) is 4.79 Å². The van der Waals surface area contributed by atoms with Gasteiger partial charge in [0.25, 0.3) is 0 Å². The van der Waals surface area contributed by atoms with Crippen LogP contribution in [0.4, 0.5) is 0 Å². The van der Waals surface area contributed by atoms with Crippen LogP contribution in [0.5, 0.6) is 0 Å². The molecule has 1 N–H and O–H groups in total. The van der Waals surface area contributed by atoms with Crippen molar-refractivity contribution in [3.63, 3.8) is 0 Å². The minimum absolute atomic E-state index is 0.145. The van der Waals surface area contributed by atoms with Crippen molar-refractivity contribution < 1.29 is 14.7 Å². The van der Waals surface area contributed by atoms with Crippen molar-refractivity contribution in [2.45, 2.75) is 71.8 Å². The Morgan fingerprint density at radius 1 is 1.30 bits per heavy atom. The summed E-state index contributed by atoms with van der Waals surface area (Å²) in [6.07, 6.45) is 5.08. The van der Waals surface area contributed by atoms with Crippen molar-refractivity contribution in [2.75, 3.05) is 0 Å². The highest BCUT2D eigenvalue weighted by Gasteiger charge is 2.61. The number of aliphatic hydroxyl groups is 1. The minimum Gasteiger partial charge on any atom is -0.393 e. The maximum atomic E-state index is 12.4. The Hall–Kier alpha value is -0.960. The van der Waals surface area contributed by atoms with Crippen molar-refractivity contribution in [3.05, 3.63) is 12.2 Å². The van der Waals surface area contributed by atoms with Gasteiger partial charge in [0.1, 0.15) is 11.6 Å². The van der Waals surface area contributed by atoms with Gasteiger partial charge in [-0.2, -0.15) is 0 Å². The topological polar surface area (TPSA) is 54.4 Å². The number of fused-ring (bicyclic) bond motifs is 3. The quantitative estimate of drug-likeness (QED) is 0.807. The van der Waals surface area contributed by atoms with Crippen LogP contribution >= 0.6 is 0 Å². The van der Waals surface area contributed by atoms with E-state index in [-0.39, 0.29) is 22.5 Å². The third kappa shape index (κ3) is 2.43. The molecule has 3 nitrogen and oxygen atoms in total. The second-order valence-electron chi connectivity index (χ2n) is 8.71. The highest BCUT2D eigenvalue weighted by Crippen LogP contribution is 2.63. The summed E-state index contributed by atoms with van der Waals surface area (Å²) in [6, 6.07) is 0. The van der Waals surface area contributed by atoms with E-state index in [1.54, 1.807) is 6.92 Å². The third-order valence-electron chi connectivity index (χ3n) is 7.48. The van der Waals surface area contributed by atoms with E-state index in [0.717, 1.165) is 25.7 Å². The summed E-state index contributed by atoms with van der Waals surface area (Å²) in [5.41, 5.74) is 0.675. The lowest BCUT2D eigenvalue weighted by molar-refractivity contribution is -0.146. The first-order chi connectivity index (χ1) is 10.7. The fraction of sp³-hybridized carbons (Fsp3) is 0.800. The van der Waals surface area contributed by atoms with Crippen LogP contribution in [-0.2, 0) is 9.59 Å². The Morgan fingerprint density at radius 3 is 2.65 bits per heavy atom. The van der Waals surface area contributed by atoms with Crippen LogP contribution in [0.1, 0.15) is 65.7 Å². The first-order valence-electron chi connectivity index (χ1n) is 9.09. The zero-order valence-electron chi connectivity index (χ0n) is 14.7. The normalized spacial score (nSPS) is 46.4. The molecule has 0 aliphatic heterocycles. The second kappa shape index (κ2) is 5.54. The fourth-order valence-corrected chi connectivity index (χ4v) is 6.07. The summed E-state index contributed by atoms with van der Waals surface area (Å²) in [5.74, 6) is 1.47. The predicted octanol–water partition coefficient (Wildman–Crippen LogP) is 3.69. The fourth-order valence-electron chi connectivity index (χ4n) is 6.07. The molecule has 6 unspecified atom stereocenters. The highest BCUT2D eigenvalue weighted by molar-refractivity contribution is 5.87. The molecule has 0 amide bonds. The molecule has 6 atom stereocenters. The molecular weight excluding hydrogens is 288 g/mol. The van der Waals surface area contributed by atoms with Gasteiger partial charge in [0.05, 0.1) is 6.10 Å². The predicted molar refractivity (Wildman–Crippen MR) is 89.8 cm³/mol. The molecule has 3 aliphatic rings. The molecule has 0 radical (unpaired) electrons. The van der Waals surface area contributed by atoms with Gasteiger partial charge in [-0.1, -0.05) is 26.0 Å². The molecule has 3 heteroatoms. The number of ketones is 2.